The molecule has 0 bridgehead atoms. The van der Waals surface area contributed by atoms with E-state index in [4.69, 9.17) is 0 Å². The summed E-state index contributed by atoms with van der Waals surface area (Å²) < 4.78 is 26.5. The molecule has 6 heteroatoms. The van der Waals surface area contributed by atoms with Gasteiger partial charge in [0, 0.05) is 19.0 Å². The summed E-state index contributed by atoms with van der Waals surface area (Å²) in [6.07, 6.45) is 0.634. The van der Waals surface area contributed by atoms with Crippen LogP contribution in [0, 0.1) is 11.6 Å². The molecule has 0 heterocycles. The van der Waals surface area contributed by atoms with Crippen LogP contribution in [0.25, 0.3) is 10.8 Å². The van der Waals surface area contributed by atoms with E-state index in [-0.39, 0.29) is 30.5 Å². The van der Waals surface area contributed by atoms with Crippen molar-refractivity contribution in [3.63, 3.8) is 0 Å². The van der Waals surface area contributed by atoms with Gasteiger partial charge in [0.05, 0.1) is 11.6 Å². The molecule has 0 saturated heterocycles. The number of halogens is 2. The molecule has 3 rings (SSSR count). The molecule has 0 aliphatic carbocycles. The predicted octanol–water partition coefficient (Wildman–Crippen LogP) is 4.51. The fourth-order valence-corrected chi connectivity index (χ4v) is 3.09. The smallest absolute Gasteiger partial charge is 0.254 e. The zero-order valence-electron chi connectivity index (χ0n) is 16.0. The molecule has 2 N–H and O–H groups in total. The topological polar surface area (TPSA) is 58.2 Å². The van der Waals surface area contributed by atoms with E-state index >= 15 is 0 Å². The second-order valence-electron chi connectivity index (χ2n) is 6.88. The Morgan fingerprint density at radius 1 is 0.966 bits per heavy atom. The molecule has 0 spiro atoms. The molecular formula is C23H22F2N2O2. The van der Waals surface area contributed by atoms with E-state index in [0.717, 1.165) is 28.5 Å². The number of nitrogens with one attached hydrogen (secondary N) is 2. The molecule has 2 amide bonds. The number of hydrogen-bond donors (Lipinski definition) is 2. The maximum absolute atomic E-state index is 13.6. The van der Waals surface area contributed by atoms with Crippen LogP contribution in [0.2, 0.25) is 0 Å². The van der Waals surface area contributed by atoms with Crippen LogP contribution in [0.4, 0.5) is 8.78 Å². The number of amides is 2. The van der Waals surface area contributed by atoms with E-state index < -0.39 is 17.5 Å². The third kappa shape index (κ3) is 5.38. The zero-order chi connectivity index (χ0) is 20.8. The highest BCUT2D eigenvalue weighted by Crippen LogP contribution is 2.20. The fraction of sp³-hybridized carbons (Fsp3) is 0.217. The maximum Gasteiger partial charge on any atom is 0.254 e. The van der Waals surface area contributed by atoms with E-state index in [1.54, 1.807) is 0 Å². The van der Waals surface area contributed by atoms with Gasteiger partial charge in [-0.15, -0.1) is 0 Å². The Balaban J connectivity index is 1.45. The van der Waals surface area contributed by atoms with Crippen LogP contribution < -0.4 is 10.6 Å². The van der Waals surface area contributed by atoms with Crippen molar-refractivity contribution in [2.45, 2.75) is 25.8 Å². The van der Waals surface area contributed by atoms with E-state index in [1.165, 1.54) is 0 Å². The minimum atomic E-state index is -0.913. The second-order valence-corrected chi connectivity index (χ2v) is 6.88. The van der Waals surface area contributed by atoms with Crippen LogP contribution >= 0.6 is 0 Å². The highest BCUT2D eigenvalue weighted by Gasteiger charge is 2.13. The van der Waals surface area contributed by atoms with Gasteiger partial charge in [0.2, 0.25) is 5.91 Å². The Labute approximate surface area is 167 Å². The molecule has 1 unspecified atom stereocenters. The largest absolute Gasteiger partial charge is 0.352 e. The molecule has 0 radical (unpaired) electrons. The summed E-state index contributed by atoms with van der Waals surface area (Å²) in [4.78, 5) is 24.1. The first kappa shape index (κ1) is 20.5. The molecule has 0 aliphatic heterocycles. The van der Waals surface area contributed by atoms with Gasteiger partial charge in [-0.05, 0) is 47.9 Å². The van der Waals surface area contributed by atoms with Crippen molar-refractivity contribution < 1.29 is 18.4 Å². The summed E-state index contributed by atoms with van der Waals surface area (Å²) >= 11 is 0. The number of carbonyl (C=O) groups excluding carboxylic acids is 2. The van der Waals surface area contributed by atoms with Gasteiger partial charge in [-0.2, -0.15) is 0 Å². The van der Waals surface area contributed by atoms with Crippen molar-refractivity contribution >= 4 is 22.6 Å². The lowest BCUT2D eigenvalue weighted by atomic mass is 10.0. The Hall–Kier alpha value is -3.28. The van der Waals surface area contributed by atoms with Gasteiger partial charge in [-0.1, -0.05) is 36.4 Å². The van der Waals surface area contributed by atoms with Gasteiger partial charge in [0.15, 0.2) is 0 Å². The van der Waals surface area contributed by atoms with Crippen LogP contribution in [0.5, 0.6) is 0 Å². The summed E-state index contributed by atoms with van der Waals surface area (Å²) in [7, 11) is 0. The predicted molar refractivity (Wildman–Crippen MR) is 108 cm³/mol. The van der Waals surface area contributed by atoms with Crippen LogP contribution in [-0.4, -0.2) is 18.4 Å². The standard InChI is InChI=1S/C23H22F2N2O2/c1-15(17-9-8-16-5-2-3-6-18(16)13-17)27-22(28)7-4-12-26-23(29)20-11-10-19(24)14-21(20)25/h2-3,5-6,8-11,13-15H,4,7,12H2,1H3,(H,26,29)(H,27,28). The van der Waals surface area contributed by atoms with Crippen LogP contribution in [0.15, 0.2) is 60.7 Å². The highest BCUT2D eigenvalue weighted by molar-refractivity contribution is 5.94. The van der Waals surface area contributed by atoms with Gasteiger partial charge < -0.3 is 10.6 Å². The molecule has 0 aliphatic rings. The van der Waals surface area contributed by atoms with Crippen molar-refractivity contribution in [2.24, 2.45) is 0 Å². The molecule has 0 fully saturated rings. The van der Waals surface area contributed by atoms with Gasteiger partial charge in [-0.25, -0.2) is 8.78 Å². The fourth-order valence-electron chi connectivity index (χ4n) is 3.09. The van der Waals surface area contributed by atoms with E-state index in [1.807, 2.05) is 43.3 Å². The molecule has 150 valence electrons. The monoisotopic (exact) mass is 396 g/mol. The lowest BCUT2D eigenvalue weighted by Gasteiger charge is -2.15. The Bertz CT molecular complexity index is 1040. The first-order valence-electron chi connectivity index (χ1n) is 9.45. The average molecular weight is 396 g/mol. The van der Waals surface area contributed by atoms with Crippen LogP contribution in [0.3, 0.4) is 0 Å². The molecule has 4 nitrogen and oxygen atoms in total. The third-order valence-electron chi connectivity index (χ3n) is 4.69. The Morgan fingerprint density at radius 3 is 2.48 bits per heavy atom. The lowest BCUT2D eigenvalue weighted by Crippen LogP contribution is -2.29. The number of fused-ring (bicyclic) bond motifs is 1. The molecule has 1 atom stereocenters. The number of hydrogen-bond acceptors (Lipinski definition) is 2. The Morgan fingerprint density at radius 2 is 1.72 bits per heavy atom. The number of benzene rings is 3. The van der Waals surface area contributed by atoms with Crippen molar-refractivity contribution in [2.75, 3.05) is 6.54 Å². The van der Waals surface area contributed by atoms with Crippen molar-refractivity contribution in [1.82, 2.24) is 10.6 Å². The minimum absolute atomic E-state index is 0.132. The molecule has 3 aromatic carbocycles. The second kappa shape index (κ2) is 9.28. The first-order valence-corrected chi connectivity index (χ1v) is 9.45. The van der Waals surface area contributed by atoms with E-state index in [2.05, 4.69) is 16.7 Å². The summed E-state index contributed by atoms with van der Waals surface area (Å²) in [5.41, 5.74) is 0.790. The third-order valence-corrected chi connectivity index (χ3v) is 4.69. The van der Waals surface area contributed by atoms with E-state index in [9.17, 15) is 18.4 Å². The van der Waals surface area contributed by atoms with Gasteiger partial charge in [-0.3, -0.25) is 9.59 Å². The zero-order valence-corrected chi connectivity index (χ0v) is 16.0. The minimum Gasteiger partial charge on any atom is -0.352 e. The Kier molecular flexibility index (Phi) is 6.54. The maximum atomic E-state index is 13.6. The number of rotatable bonds is 7. The molecule has 0 aromatic heterocycles. The van der Waals surface area contributed by atoms with Crippen molar-refractivity contribution in [3.8, 4) is 0 Å². The van der Waals surface area contributed by atoms with E-state index in [0.29, 0.717) is 12.5 Å². The number of carbonyl (C=O) groups is 2. The highest BCUT2D eigenvalue weighted by atomic mass is 19.1. The lowest BCUT2D eigenvalue weighted by molar-refractivity contribution is -0.121. The quantitative estimate of drug-likeness (QED) is 0.578. The SMILES string of the molecule is CC(NC(=O)CCCNC(=O)c1ccc(F)cc1F)c1ccc2ccccc2c1. The average Bonchev–Trinajstić information content (AvgIpc) is 2.70. The van der Waals surface area contributed by atoms with Gasteiger partial charge in [0.25, 0.3) is 5.91 Å². The first-order chi connectivity index (χ1) is 13.9. The summed E-state index contributed by atoms with van der Waals surface area (Å²) in [6, 6.07) is 16.7. The van der Waals surface area contributed by atoms with Crippen molar-refractivity contribution in [1.29, 1.82) is 0 Å². The van der Waals surface area contributed by atoms with Crippen molar-refractivity contribution in [3.05, 3.63) is 83.4 Å². The van der Waals surface area contributed by atoms with Crippen LogP contribution in [0.1, 0.15) is 41.7 Å². The molecule has 3 aromatic rings. The summed E-state index contributed by atoms with van der Waals surface area (Å²) in [5.74, 6) is -2.42. The molecular weight excluding hydrogens is 374 g/mol. The normalized spacial score (nSPS) is 11.8. The van der Waals surface area contributed by atoms with Gasteiger partial charge in [0.1, 0.15) is 11.6 Å². The molecule has 0 saturated carbocycles. The molecule has 29 heavy (non-hydrogen) atoms. The van der Waals surface area contributed by atoms with Gasteiger partial charge >= 0.3 is 0 Å². The van der Waals surface area contributed by atoms with Crippen LogP contribution in [-0.2, 0) is 4.79 Å². The summed E-state index contributed by atoms with van der Waals surface area (Å²) in [5, 5.41) is 7.74. The summed E-state index contributed by atoms with van der Waals surface area (Å²) in [6.45, 7) is 2.13.